The summed E-state index contributed by atoms with van der Waals surface area (Å²) in [4.78, 5) is 0. The van der Waals surface area contributed by atoms with E-state index in [1.54, 1.807) is 0 Å². The summed E-state index contributed by atoms with van der Waals surface area (Å²) in [6.07, 6.45) is 3.84. The summed E-state index contributed by atoms with van der Waals surface area (Å²) in [7, 11) is 0. The minimum Gasteiger partial charge on any atom is -0.381 e. The van der Waals surface area contributed by atoms with Crippen molar-refractivity contribution in [2.75, 3.05) is 0 Å². The second kappa shape index (κ2) is 3.74. The van der Waals surface area contributed by atoms with Crippen LogP contribution in [0.15, 0.2) is 36.0 Å². The van der Waals surface area contributed by atoms with E-state index >= 15 is 0 Å². The summed E-state index contributed by atoms with van der Waals surface area (Å²) in [5.41, 5.74) is 2.20. The predicted molar refractivity (Wildman–Crippen MR) is 61.1 cm³/mol. The molecule has 0 radical (unpaired) electrons. The standard InChI is InChI=1S/C13H20O/c1-9(2)12-7-6-11(5)13(14,8-12)10(3)4/h6,12,14H,1,3,7-8H2,2,4-5H3/t12?,13-/m1/s1. The van der Waals surface area contributed by atoms with E-state index in [4.69, 9.17) is 0 Å². The molecule has 0 amide bonds. The van der Waals surface area contributed by atoms with Crippen LogP contribution >= 0.6 is 0 Å². The molecule has 1 aliphatic rings. The van der Waals surface area contributed by atoms with Gasteiger partial charge >= 0.3 is 0 Å². The molecule has 0 bridgehead atoms. The first-order valence-electron chi connectivity index (χ1n) is 5.09. The summed E-state index contributed by atoms with van der Waals surface area (Å²) in [6.45, 7) is 13.7. The first-order chi connectivity index (χ1) is 6.38. The van der Waals surface area contributed by atoms with Crippen LogP contribution in [0.1, 0.15) is 33.6 Å². The van der Waals surface area contributed by atoms with Gasteiger partial charge in [-0.25, -0.2) is 0 Å². The van der Waals surface area contributed by atoms with Gasteiger partial charge < -0.3 is 5.11 Å². The molecule has 1 unspecified atom stereocenters. The van der Waals surface area contributed by atoms with E-state index < -0.39 is 5.60 Å². The zero-order chi connectivity index (χ0) is 10.9. The van der Waals surface area contributed by atoms with Crippen molar-refractivity contribution in [2.45, 2.75) is 39.2 Å². The van der Waals surface area contributed by atoms with Crippen molar-refractivity contribution in [3.05, 3.63) is 36.0 Å². The highest BCUT2D eigenvalue weighted by molar-refractivity contribution is 5.32. The molecule has 0 saturated heterocycles. The fourth-order valence-electron chi connectivity index (χ4n) is 1.98. The van der Waals surface area contributed by atoms with Crippen molar-refractivity contribution in [2.24, 2.45) is 5.92 Å². The molecule has 0 saturated carbocycles. The highest BCUT2D eigenvalue weighted by atomic mass is 16.3. The van der Waals surface area contributed by atoms with Crippen LogP contribution < -0.4 is 0 Å². The minimum absolute atomic E-state index is 0.389. The highest BCUT2D eigenvalue weighted by Gasteiger charge is 2.35. The average molecular weight is 192 g/mol. The minimum atomic E-state index is -0.804. The Hall–Kier alpha value is -0.820. The van der Waals surface area contributed by atoms with Crippen LogP contribution in [0.3, 0.4) is 0 Å². The Balaban J connectivity index is 2.98. The van der Waals surface area contributed by atoms with Gasteiger partial charge in [0.1, 0.15) is 5.60 Å². The Labute approximate surface area is 86.8 Å². The van der Waals surface area contributed by atoms with Crippen molar-refractivity contribution < 1.29 is 5.11 Å². The number of rotatable bonds is 2. The van der Waals surface area contributed by atoms with Crippen LogP contribution in [0.25, 0.3) is 0 Å². The van der Waals surface area contributed by atoms with Crippen LogP contribution in [0.2, 0.25) is 0 Å². The Bertz CT molecular complexity index is 298. The summed E-state index contributed by atoms with van der Waals surface area (Å²) in [5.74, 6) is 0.389. The lowest BCUT2D eigenvalue weighted by atomic mass is 9.73. The van der Waals surface area contributed by atoms with Gasteiger partial charge in [0.15, 0.2) is 0 Å². The summed E-state index contributed by atoms with van der Waals surface area (Å²) in [6, 6.07) is 0. The third-order valence-corrected chi connectivity index (χ3v) is 3.31. The molecule has 0 heterocycles. The number of hydrogen-bond donors (Lipinski definition) is 1. The summed E-state index contributed by atoms with van der Waals surface area (Å²) < 4.78 is 0. The molecule has 14 heavy (non-hydrogen) atoms. The molecule has 1 heteroatoms. The smallest absolute Gasteiger partial charge is 0.106 e. The van der Waals surface area contributed by atoms with E-state index in [1.807, 2.05) is 20.8 Å². The third kappa shape index (κ3) is 1.83. The molecule has 2 atom stereocenters. The second-order valence-electron chi connectivity index (χ2n) is 4.51. The number of aliphatic hydroxyl groups is 1. The van der Waals surface area contributed by atoms with Crippen molar-refractivity contribution >= 4 is 0 Å². The van der Waals surface area contributed by atoms with Crippen molar-refractivity contribution in [1.82, 2.24) is 0 Å². The average Bonchev–Trinajstić information content (AvgIpc) is 2.09. The van der Waals surface area contributed by atoms with Crippen LogP contribution in [-0.4, -0.2) is 10.7 Å². The molecule has 1 nitrogen and oxygen atoms in total. The molecule has 0 spiro atoms. The molecule has 0 aliphatic heterocycles. The molecule has 1 aliphatic carbocycles. The van der Waals surface area contributed by atoms with E-state index in [-0.39, 0.29) is 0 Å². The normalized spacial score (nSPS) is 32.3. The summed E-state index contributed by atoms with van der Waals surface area (Å²) in [5, 5.41) is 10.4. The molecule has 78 valence electrons. The first-order valence-corrected chi connectivity index (χ1v) is 5.09. The van der Waals surface area contributed by atoms with Crippen molar-refractivity contribution in [3.8, 4) is 0 Å². The molecule has 1 rings (SSSR count). The highest BCUT2D eigenvalue weighted by Crippen LogP contribution is 2.39. The molecule has 1 N–H and O–H groups in total. The van der Waals surface area contributed by atoms with Gasteiger partial charge in [-0.2, -0.15) is 0 Å². The van der Waals surface area contributed by atoms with Crippen LogP contribution in [0.4, 0.5) is 0 Å². The van der Waals surface area contributed by atoms with Gasteiger partial charge in [-0.15, -0.1) is 0 Å². The van der Waals surface area contributed by atoms with Gasteiger partial charge in [0, 0.05) is 0 Å². The quantitative estimate of drug-likeness (QED) is 0.666. The van der Waals surface area contributed by atoms with Crippen molar-refractivity contribution in [1.29, 1.82) is 0 Å². The first kappa shape index (κ1) is 11.3. The largest absolute Gasteiger partial charge is 0.381 e. The van der Waals surface area contributed by atoms with Gasteiger partial charge in [-0.3, -0.25) is 0 Å². The van der Waals surface area contributed by atoms with Gasteiger partial charge in [-0.05, 0) is 50.7 Å². The zero-order valence-corrected chi connectivity index (χ0v) is 9.43. The lowest BCUT2D eigenvalue weighted by Gasteiger charge is -2.37. The van der Waals surface area contributed by atoms with Gasteiger partial charge in [0.25, 0.3) is 0 Å². The van der Waals surface area contributed by atoms with Crippen LogP contribution in [0, 0.1) is 5.92 Å². The van der Waals surface area contributed by atoms with Gasteiger partial charge in [0.05, 0.1) is 0 Å². The van der Waals surface area contributed by atoms with E-state index in [0.29, 0.717) is 5.92 Å². The van der Waals surface area contributed by atoms with E-state index in [0.717, 1.165) is 29.6 Å². The number of allylic oxidation sites excluding steroid dienone is 2. The molecular formula is C13H20O. The zero-order valence-electron chi connectivity index (χ0n) is 9.43. The molecule has 0 aromatic carbocycles. The molecule has 0 aromatic rings. The van der Waals surface area contributed by atoms with Crippen molar-refractivity contribution in [3.63, 3.8) is 0 Å². The fraction of sp³-hybridized carbons (Fsp3) is 0.538. The number of hydrogen-bond acceptors (Lipinski definition) is 1. The topological polar surface area (TPSA) is 20.2 Å². The van der Waals surface area contributed by atoms with E-state index in [1.165, 1.54) is 0 Å². The lowest BCUT2D eigenvalue weighted by molar-refractivity contribution is 0.0858. The van der Waals surface area contributed by atoms with Crippen LogP contribution in [-0.2, 0) is 0 Å². The third-order valence-electron chi connectivity index (χ3n) is 3.31. The van der Waals surface area contributed by atoms with Gasteiger partial charge in [-0.1, -0.05) is 24.8 Å². The maximum Gasteiger partial charge on any atom is 0.106 e. The maximum atomic E-state index is 10.4. The van der Waals surface area contributed by atoms with E-state index in [9.17, 15) is 5.11 Å². The monoisotopic (exact) mass is 192 g/mol. The molecule has 0 aromatic heterocycles. The Morgan fingerprint density at radius 2 is 2.07 bits per heavy atom. The Kier molecular flexibility index (Phi) is 3.01. The van der Waals surface area contributed by atoms with E-state index in [2.05, 4.69) is 19.2 Å². The maximum absolute atomic E-state index is 10.4. The summed E-state index contributed by atoms with van der Waals surface area (Å²) >= 11 is 0. The molecular weight excluding hydrogens is 172 g/mol. The van der Waals surface area contributed by atoms with Crippen LogP contribution in [0.5, 0.6) is 0 Å². The lowest BCUT2D eigenvalue weighted by Crippen LogP contribution is -2.36. The Morgan fingerprint density at radius 1 is 1.50 bits per heavy atom. The molecule has 0 fully saturated rings. The predicted octanol–water partition coefficient (Wildman–Crippen LogP) is 3.23. The SMILES string of the molecule is C=C(C)C1CC=C(C)[C@](O)(C(=C)C)C1. The Morgan fingerprint density at radius 3 is 2.50 bits per heavy atom. The fourth-order valence-corrected chi connectivity index (χ4v) is 1.98. The second-order valence-corrected chi connectivity index (χ2v) is 4.51. The van der Waals surface area contributed by atoms with Gasteiger partial charge in [0.2, 0.25) is 0 Å².